The Kier molecular flexibility index (Phi) is 20.7. The van der Waals surface area contributed by atoms with Gasteiger partial charge in [0.25, 0.3) is 0 Å². The Hall–Kier alpha value is -0.600. The summed E-state index contributed by atoms with van der Waals surface area (Å²) in [6, 6.07) is -1.36. The molecular formula is C37H73N3O12. The number of hydrogen-bond acceptors (Lipinski definition) is 15. The second-order valence-corrected chi connectivity index (χ2v) is 16.0. The standard InChI is InChI=1S/C15H31NO4.C12H23NO4.C10H19NO4/c1-2-3-4-5-6-7-8-9-16-10-13(18)15(20)14(19)12(16)11-17;14-7-9-11(16)12(17)10(15)6-13(9)5-8-3-1-2-4-8;12-5-7-9(14)10(15)8(13)4-11(7)3-6-1-2-6/h12-15,17-20H,2-11H2,1H3;8-12,14-17H,1-7H2;6-10,12-15H,1-5H2/t12-,13+,14-,15-;9-,10+,11-,12-;7-,8+,9-,10-/m111/s1. The van der Waals surface area contributed by atoms with Gasteiger partial charge in [0, 0.05) is 32.7 Å². The van der Waals surface area contributed by atoms with Gasteiger partial charge in [-0.05, 0) is 50.5 Å². The summed E-state index contributed by atoms with van der Waals surface area (Å²) < 4.78 is 0. The van der Waals surface area contributed by atoms with E-state index >= 15 is 0 Å². The summed E-state index contributed by atoms with van der Waals surface area (Å²) in [7, 11) is 0. The number of nitrogens with zero attached hydrogens (tertiary/aromatic N) is 3. The molecule has 0 radical (unpaired) electrons. The number of β-amino-alcohol motifs (C(OH)–C–C–N with tert-alkyl or cyclic N) is 3. The van der Waals surface area contributed by atoms with Crippen molar-refractivity contribution in [1.29, 1.82) is 0 Å². The summed E-state index contributed by atoms with van der Waals surface area (Å²) in [5.74, 6) is 1.23. The minimum absolute atomic E-state index is 0.183. The Morgan fingerprint density at radius 1 is 0.423 bits per heavy atom. The molecule has 12 atom stereocenters. The molecule has 2 saturated carbocycles. The van der Waals surface area contributed by atoms with E-state index in [0.29, 0.717) is 31.5 Å². The summed E-state index contributed by atoms with van der Waals surface area (Å²) in [5, 5.41) is 115. The van der Waals surface area contributed by atoms with Gasteiger partial charge in [-0.15, -0.1) is 0 Å². The van der Waals surface area contributed by atoms with Crippen LogP contribution in [0.4, 0.5) is 0 Å². The van der Waals surface area contributed by atoms with Crippen LogP contribution >= 0.6 is 0 Å². The lowest BCUT2D eigenvalue weighted by Crippen LogP contribution is -2.63. The molecule has 5 rings (SSSR count). The molecule has 52 heavy (non-hydrogen) atoms. The Balaban J connectivity index is 0.000000212. The highest BCUT2D eigenvalue weighted by atomic mass is 16.4. The summed E-state index contributed by atoms with van der Waals surface area (Å²) in [5.41, 5.74) is 0. The zero-order valence-electron chi connectivity index (χ0n) is 31.3. The van der Waals surface area contributed by atoms with Crippen molar-refractivity contribution in [3.63, 3.8) is 0 Å². The topological polar surface area (TPSA) is 252 Å². The van der Waals surface area contributed by atoms with Gasteiger partial charge >= 0.3 is 0 Å². The van der Waals surface area contributed by atoms with Crippen LogP contribution in [0.5, 0.6) is 0 Å². The lowest BCUT2D eigenvalue weighted by Gasteiger charge is -2.44. The number of piperidine rings is 3. The third kappa shape index (κ3) is 13.6. The van der Waals surface area contributed by atoms with Crippen molar-refractivity contribution in [2.24, 2.45) is 11.8 Å². The fraction of sp³-hybridized carbons (Fsp3) is 1.00. The molecule has 0 aromatic heterocycles. The van der Waals surface area contributed by atoms with Crippen molar-refractivity contribution in [2.45, 2.75) is 163 Å². The zero-order valence-corrected chi connectivity index (χ0v) is 31.3. The van der Waals surface area contributed by atoms with Gasteiger partial charge in [-0.2, -0.15) is 0 Å². The number of rotatable bonds is 15. The molecule has 12 N–H and O–H groups in total. The van der Waals surface area contributed by atoms with Crippen molar-refractivity contribution in [3.8, 4) is 0 Å². The number of hydrogen-bond donors (Lipinski definition) is 12. The van der Waals surface area contributed by atoms with Gasteiger partial charge in [0.15, 0.2) is 0 Å². The minimum atomic E-state index is -1.16. The van der Waals surface area contributed by atoms with Crippen molar-refractivity contribution in [2.75, 3.05) is 59.1 Å². The molecule has 15 nitrogen and oxygen atoms in total. The Labute approximate surface area is 310 Å². The van der Waals surface area contributed by atoms with Gasteiger partial charge in [-0.3, -0.25) is 14.7 Å². The summed E-state index contributed by atoms with van der Waals surface area (Å²) >= 11 is 0. The van der Waals surface area contributed by atoms with Crippen LogP contribution in [0.1, 0.15) is 90.4 Å². The van der Waals surface area contributed by atoms with E-state index in [1.54, 1.807) is 0 Å². The number of likely N-dealkylation sites (tertiary alicyclic amines) is 3. The predicted molar refractivity (Wildman–Crippen MR) is 194 cm³/mol. The van der Waals surface area contributed by atoms with Gasteiger partial charge in [0.2, 0.25) is 0 Å². The lowest BCUT2D eigenvalue weighted by molar-refractivity contribution is -0.147. The van der Waals surface area contributed by atoms with Crippen LogP contribution in [0.15, 0.2) is 0 Å². The third-order valence-electron chi connectivity index (χ3n) is 11.9. The van der Waals surface area contributed by atoms with E-state index in [0.717, 1.165) is 32.5 Å². The maximum Gasteiger partial charge on any atom is 0.109 e. The number of aliphatic hydroxyl groups excluding tert-OH is 12. The van der Waals surface area contributed by atoms with E-state index in [-0.39, 0.29) is 19.8 Å². The van der Waals surface area contributed by atoms with Crippen molar-refractivity contribution in [3.05, 3.63) is 0 Å². The second kappa shape index (κ2) is 23.5. The van der Waals surface area contributed by atoms with Crippen molar-refractivity contribution >= 4 is 0 Å². The molecule has 3 saturated heterocycles. The van der Waals surface area contributed by atoms with E-state index in [1.165, 1.54) is 70.6 Å². The van der Waals surface area contributed by atoms with Gasteiger partial charge in [0.1, 0.15) is 36.6 Å². The van der Waals surface area contributed by atoms with Crippen LogP contribution in [0, 0.1) is 11.8 Å². The first-order chi connectivity index (χ1) is 24.9. The smallest absolute Gasteiger partial charge is 0.109 e. The average Bonchev–Trinajstić information content (AvgIpc) is 3.80. The molecular weight excluding hydrogens is 678 g/mol. The molecule has 0 aromatic rings. The van der Waals surface area contributed by atoms with E-state index in [2.05, 4.69) is 6.92 Å². The van der Waals surface area contributed by atoms with Gasteiger partial charge in [-0.1, -0.05) is 58.3 Å². The van der Waals surface area contributed by atoms with E-state index < -0.39 is 73.1 Å². The summed E-state index contributed by atoms with van der Waals surface area (Å²) in [6.07, 6.45) is 6.28. The fourth-order valence-electron chi connectivity index (χ4n) is 8.24. The largest absolute Gasteiger partial charge is 0.395 e. The highest BCUT2D eigenvalue weighted by Crippen LogP contribution is 2.32. The second-order valence-electron chi connectivity index (χ2n) is 16.0. The van der Waals surface area contributed by atoms with Crippen LogP contribution in [-0.4, -0.2) is 208 Å². The zero-order chi connectivity index (χ0) is 38.4. The van der Waals surface area contributed by atoms with Crippen LogP contribution < -0.4 is 0 Å². The van der Waals surface area contributed by atoms with E-state index in [9.17, 15) is 61.3 Å². The molecule has 5 aliphatic rings. The molecule has 0 spiro atoms. The molecule has 3 aliphatic heterocycles. The minimum Gasteiger partial charge on any atom is -0.395 e. The average molecular weight is 752 g/mol. The lowest BCUT2D eigenvalue weighted by atomic mass is 9.93. The third-order valence-corrected chi connectivity index (χ3v) is 11.9. The Morgan fingerprint density at radius 2 is 0.769 bits per heavy atom. The normalized spacial score (nSPS) is 38.0. The van der Waals surface area contributed by atoms with E-state index in [4.69, 9.17) is 0 Å². The molecule has 0 amide bonds. The van der Waals surface area contributed by atoms with Crippen molar-refractivity contribution in [1.82, 2.24) is 14.7 Å². The molecule has 15 heteroatoms. The quantitative estimate of drug-likeness (QED) is 0.0779. The first kappa shape index (κ1) is 45.8. The molecule has 3 heterocycles. The predicted octanol–water partition coefficient (Wildman–Crippen LogP) is -2.41. The van der Waals surface area contributed by atoms with Crippen LogP contribution in [0.2, 0.25) is 0 Å². The molecule has 0 bridgehead atoms. The Bertz CT molecular complexity index is 950. The summed E-state index contributed by atoms with van der Waals surface area (Å²) in [4.78, 5) is 5.71. The molecule has 0 unspecified atom stereocenters. The van der Waals surface area contributed by atoms with Crippen LogP contribution in [0.25, 0.3) is 0 Å². The van der Waals surface area contributed by atoms with E-state index in [1.807, 2.05) is 14.7 Å². The molecule has 308 valence electrons. The Morgan fingerprint density at radius 3 is 1.15 bits per heavy atom. The van der Waals surface area contributed by atoms with Crippen LogP contribution in [0.3, 0.4) is 0 Å². The van der Waals surface area contributed by atoms with Gasteiger partial charge in [0.05, 0.1) is 56.3 Å². The first-order valence-electron chi connectivity index (χ1n) is 20.1. The SMILES string of the molecule is CCCCCCCCCN1C[C@H](O)[C@@H](O)[C@H](O)[C@H]1CO.OC[C@@H]1[C@@H](O)[C@H](O)[C@@H](O)CN1CC1CC1.OC[C@@H]1[C@@H](O)[C@H](O)[C@@H](O)CN1CC1CCCC1. The fourth-order valence-corrected chi connectivity index (χ4v) is 8.24. The number of unbranched alkanes of at least 4 members (excludes halogenated alkanes) is 6. The highest BCUT2D eigenvalue weighted by molar-refractivity contribution is 4.97. The molecule has 2 aliphatic carbocycles. The maximum absolute atomic E-state index is 9.87. The monoisotopic (exact) mass is 752 g/mol. The van der Waals surface area contributed by atoms with Crippen LogP contribution in [-0.2, 0) is 0 Å². The maximum atomic E-state index is 9.87. The highest BCUT2D eigenvalue weighted by Gasteiger charge is 2.44. The summed E-state index contributed by atoms with van der Waals surface area (Å²) in [6.45, 7) is 4.98. The van der Waals surface area contributed by atoms with Crippen molar-refractivity contribution < 1.29 is 61.3 Å². The van der Waals surface area contributed by atoms with Gasteiger partial charge in [-0.25, -0.2) is 0 Å². The molecule has 0 aromatic carbocycles. The molecule has 5 fully saturated rings. The first-order valence-corrected chi connectivity index (χ1v) is 20.1. The van der Waals surface area contributed by atoms with Gasteiger partial charge < -0.3 is 61.3 Å². The number of aliphatic hydroxyl groups is 12.